The Morgan fingerprint density at radius 3 is 2.64 bits per heavy atom. The Morgan fingerprint density at radius 1 is 1.64 bits per heavy atom. The molecule has 14 heavy (non-hydrogen) atoms. The summed E-state index contributed by atoms with van der Waals surface area (Å²) in [6.45, 7) is 5.43. The van der Waals surface area contributed by atoms with Crippen LogP contribution < -0.4 is 5.32 Å². The molecule has 1 unspecified atom stereocenters. The van der Waals surface area contributed by atoms with E-state index in [-0.39, 0.29) is 16.9 Å². The standard InChI is InChI=1S/C9H14N2O2S/c1-5(2)4-7-8(13)10-9(14)11(7)6(3)12/h5,7H,4H2,1-3H3,(H,10,13,14). The number of carbonyl (C=O) groups excluding carboxylic acids is 2. The highest BCUT2D eigenvalue weighted by atomic mass is 32.1. The first-order chi connectivity index (χ1) is 6.43. The molecule has 78 valence electrons. The molecule has 0 radical (unpaired) electrons. The van der Waals surface area contributed by atoms with Crippen LogP contribution in [0.5, 0.6) is 0 Å². The lowest BCUT2D eigenvalue weighted by Crippen LogP contribution is -2.39. The third-order valence-corrected chi connectivity index (χ3v) is 2.40. The van der Waals surface area contributed by atoms with Gasteiger partial charge in [-0.1, -0.05) is 13.8 Å². The zero-order valence-corrected chi connectivity index (χ0v) is 9.35. The van der Waals surface area contributed by atoms with Crippen LogP contribution in [0.4, 0.5) is 0 Å². The zero-order valence-electron chi connectivity index (χ0n) is 8.53. The second-order valence-corrected chi connectivity index (χ2v) is 4.22. The van der Waals surface area contributed by atoms with E-state index >= 15 is 0 Å². The van der Waals surface area contributed by atoms with Crippen LogP contribution in [0.25, 0.3) is 0 Å². The molecule has 2 amide bonds. The molecule has 0 aromatic carbocycles. The van der Waals surface area contributed by atoms with Crippen LogP contribution in [-0.2, 0) is 9.59 Å². The molecular weight excluding hydrogens is 200 g/mol. The van der Waals surface area contributed by atoms with Gasteiger partial charge < -0.3 is 5.32 Å². The topological polar surface area (TPSA) is 49.4 Å². The largest absolute Gasteiger partial charge is 0.301 e. The molecule has 0 spiro atoms. The van der Waals surface area contributed by atoms with Crippen LogP contribution in [0.1, 0.15) is 27.2 Å². The highest BCUT2D eigenvalue weighted by Gasteiger charge is 2.38. The maximum Gasteiger partial charge on any atom is 0.249 e. The fourth-order valence-corrected chi connectivity index (χ4v) is 1.89. The van der Waals surface area contributed by atoms with Crippen molar-refractivity contribution in [3.8, 4) is 0 Å². The Kier molecular flexibility index (Phi) is 3.21. The first kappa shape index (κ1) is 11.1. The molecule has 4 nitrogen and oxygen atoms in total. The Hall–Kier alpha value is -0.970. The normalized spacial score (nSPS) is 21.7. The van der Waals surface area contributed by atoms with Crippen molar-refractivity contribution in [2.45, 2.75) is 33.2 Å². The minimum Gasteiger partial charge on any atom is -0.301 e. The van der Waals surface area contributed by atoms with Gasteiger partial charge in [0, 0.05) is 6.92 Å². The third kappa shape index (κ3) is 2.09. The predicted octanol–water partition coefficient (Wildman–Crippen LogP) is 0.664. The first-order valence-corrected chi connectivity index (χ1v) is 4.99. The van der Waals surface area contributed by atoms with E-state index in [1.807, 2.05) is 13.8 Å². The van der Waals surface area contributed by atoms with Gasteiger partial charge in [-0.05, 0) is 24.6 Å². The third-order valence-electron chi connectivity index (χ3n) is 2.10. The van der Waals surface area contributed by atoms with Gasteiger partial charge in [0.2, 0.25) is 11.8 Å². The molecule has 1 N–H and O–H groups in total. The zero-order chi connectivity index (χ0) is 10.9. The number of thiocarbonyl (C=S) groups is 1. The van der Waals surface area contributed by atoms with Gasteiger partial charge in [0.25, 0.3) is 0 Å². The van der Waals surface area contributed by atoms with Crippen molar-refractivity contribution in [3.63, 3.8) is 0 Å². The van der Waals surface area contributed by atoms with Gasteiger partial charge in [-0.3, -0.25) is 14.5 Å². The van der Waals surface area contributed by atoms with Crippen LogP contribution in [0.3, 0.4) is 0 Å². The average Bonchev–Trinajstić information content (AvgIpc) is 2.25. The Balaban J connectivity index is 2.83. The van der Waals surface area contributed by atoms with Gasteiger partial charge in [-0.15, -0.1) is 0 Å². The van der Waals surface area contributed by atoms with E-state index in [0.29, 0.717) is 12.3 Å². The average molecular weight is 214 g/mol. The van der Waals surface area contributed by atoms with Crippen molar-refractivity contribution in [1.82, 2.24) is 10.2 Å². The van der Waals surface area contributed by atoms with E-state index in [1.54, 1.807) is 0 Å². The summed E-state index contributed by atoms with van der Waals surface area (Å²) in [5, 5.41) is 2.73. The molecule has 1 rings (SSSR count). The fraction of sp³-hybridized carbons (Fsp3) is 0.667. The molecule has 1 fully saturated rings. The Morgan fingerprint density at radius 2 is 2.21 bits per heavy atom. The van der Waals surface area contributed by atoms with Crippen LogP contribution in [0.2, 0.25) is 0 Å². The van der Waals surface area contributed by atoms with Crippen LogP contribution in [-0.4, -0.2) is 27.9 Å². The van der Waals surface area contributed by atoms with E-state index in [9.17, 15) is 9.59 Å². The summed E-state index contributed by atoms with van der Waals surface area (Å²) in [6, 6.07) is -0.417. The lowest BCUT2D eigenvalue weighted by atomic mass is 10.0. The summed E-state index contributed by atoms with van der Waals surface area (Å²) in [5.74, 6) is 0.00593. The molecule has 1 aliphatic heterocycles. The van der Waals surface area contributed by atoms with Crippen molar-refractivity contribution in [3.05, 3.63) is 0 Å². The summed E-state index contributed by atoms with van der Waals surface area (Å²) in [6.07, 6.45) is 0.644. The number of hydrogen-bond acceptors (Lipinski definition) is 3. The second kappa shape index (κ2) is 4.04. The molecule has 0 aromatic rings. The number of hydrogen-bond donors (Lipinski definition) is 1. The number of rotatable bonds is 2. The molecule has 1 atom stereocenters. The van der Waals surface area contributed by atoms with Crippen LogP contribution >= 0.6 is 12.2 Å². The highest BCUT2D eigenvalue weighted by Crippen LogP contribution is 2.17. The van der Waals surface area contributed by atoms with Gasteiger partial charge in [-0.2, -0.15) is 0 Å². The number of nitrogens with zero attached hydrogens (tertiary/aromatic N) is 1. The summed E-state index contributed by atoms with van der Waals surface area (Å²) in [5.41, 5.74) is 0. The van der Waals surface area contributed by atoms with Crippen LogP contribution in [0, 0.1) is 5.92 Å². The molecule has 1 heterocycles. The first-order valence-electron chi connectivity index (χ1n) is 4.58. The van der Waals surface area contributed by atoms with Crippen LogP contribution in [0.15, 0.2) is 0 Å². The van der Waals surface area contributed by atoms with Gasteiger partial charge in [-0.25, -0.2) is 0 Å². The van der Waals surface area contributed by atoms with Gasteiger partial charge >= 0.3 is 0 Å². The lowest BCUT2D eigenvalue weighted by Gasteiger charge is -2.20. The molecule has 1 saturated heterocycles. The number of nitrogens with one attached hydrogen (secondary N) is 1. The Bertz CT molecular complexity index is 289. The van der Waals surface area contributed by atoms with Gasteiger partial charge in [0.1, 0.15) is 6.04 Å². The Labute approximate surface area is 88.6 Å². The van der Waals surface area contributed by atoms with Crippen molar-refractivity contribution < 1.29 is 9.59 Å². The van der Waals surface area contributed by atoms with E-state index in [1.165, 1.54) is 11.8 Å². The summed E-state index contributed by atoms with van der Waals surface area (Å²) >= 11 is 4.90. The van der Waals surface area contributed by atoms with Crippen molar-refractivity contribution in [2.24, 2.45) is 5.92 Å². The molecule has 0 bridgehead atoms. The number of amides is 2. The van der Waals surface area contributed by atoms with Gasteiger partial charge in [0.15, 0.2) is 5.11 Å². The highest BCUT2D eigenvalue weighted by molar-refractivity contribution is 7.80. The van der Waals surface area contributed by atoms with Crippen molar-refractivity contribution in [2.75, 3.05) is 0 Å². The molecule has 1 aliphatic rings. The van der Waals surface area contributed by atoms with Crippen molar-refractivity contribution >= 4 is 29.1 Å². The van der Waals surface area contributed by atoms with Crippen molar-refractivity contribution in [1.29, 1.82) is 0 Å². The second-order valence-electron chi connectivity index (χ2n) is 3.83. The number of carbonyl (C=O) groups is 2. The molecule has 5 heteroatoms. The summed E-state index contributed by atoms with van der Waals surface area (Å²) in [7, 11) is 0. The fourth-order valence-electron chi connectivity index (χ4n) is 1.53. The molecule has 0 saturated carbocycles. The van der Waals surface area contributed by atoms with E-state index < -0.39 is 6.04 Å². The maximum absolute atomic E-state index is 11.4. The van der Waals surface area contributed by atoms with E-state index in [4.69, 9.17) is 12.2 Å². The van der Waals surface area contributed by atoms with E-state index in [0.717, 1.165) is 0 Å². The lowest BCUT2D eigenvalue weighted by molar-refractivity contribution is -0.131. The smallest absolute Gasteiger partial charge is 0.249 e. The van der Waals surface area contributed by atoms with Gasteiger partial charge in [0.05, 0.1) is 0 Å². The van der Waals surface area contributed by atoms with E-state index in [2.05, 4.69) is 5.32 Å². The monoisotopic (exact) mass is 214 g/mol. The SMILES string of the molecule is CC(=O)N1C(=S)NC(=O)C1CC(C)C. The molecule has 0 aliphatic carbocycles. The molecular formula is C9H14N2O2S. The summed E-state index contributed by atoms with van der Waals surface area (Å²) < 4.78 is 0. The summed E-state index contributed by atoms with van der Waals surface area (Å²) in [4.78, 5) is 24.0. The maximum atomic E-state index is 11.4. The minimum atomic E-state index is -0.417. The molecule has 0 aromatic heterocycles. The quantitative estimate of drug-likeness (QED) is 0.687. The minimum absolute atomic E-state index is 0.168. The predicted molar refractivity (Wildman–Crippen MR) is 56.5 cm³/mol.